The maximum absolute atomic E-state index is 12.6. The molecule has 9 nitrogen and oxygen atoms in total. The highest BCUT2D eigenvalue weighted by Gasteiger charge is 2.35. The lowest BCUT2D eigenvalue weighted by Crippen LogP contribution is -2.31. The molecule has 3 heterocycles. The minimum absolute atomic E-state index is 0.0640. The monoisotopic (exact) mass is 416 g/mol. The summed E-state index contributed by atoms with van der Waals surface area (Å²) in [6, 6.07) is 4.49. The highest BCUT2D eigenvalue weighted by atomic mass is 32.1. The molecule has 1 atom stereocenters. The van der Waals surface area contributed by atoms with Crippen molar-refractivity contribution in [3.63, 3.8) is 0 Å². The number of ether oxygens (including phenoxy) is 2. The molecule has 1 N–H and O–H groups in total. The molecule has 0 aliphatic carbocycles. The second-order valence-electron chi connectivity index (χ2n) is 6.77. The number of nitrogens with zero attached hydrogens (tertiary/aromatic N) is 3. The average Bonchev–Trinajstić information content (AvgIpc) is 3.45. The number of nitrogens with one attached hydrogen (secondary N) is 1. The molecule has 0 bridgehead atoms. The molecular weight excluding hydrogens is 396 g/mol. The molecule has 1 aromatic carbocycles. The Hall–Kier alpha value is -2.69. The first-order valence-corrected chi connectivity index (χ1v) is 10.2. The molecule has 152 valence electrons. The summed E-state index contributed by atoms with van der Waals surface area (Å²) in [4.78, 5) is 38.8. The van der Waals surface area contributed by atoms with Crippen molar-refractivity contribution in [2.24, 2.45) is 0 Å². The molecule has 1 saturated heterocycles. The summed E-state index contributed by atoms with van der Waals surface area (Å²) < 4.78 is 10.5. The van der Waals surface area contributed by atoms with E-state index in [1.807, 2.05) is 0 Å². The quantitative estimate of drug-likeness (QED) is 0.544. The lowest BCUT2D eigenvalue weighted by atomic mass is 10.1. The van der Waals surface area contributed by atoms with Gasteiger partial charge < -0.3 is 9.47 Å². The maximum Gasteiger partial charge on any atom is 0.261 e. The Kier molecular flexibility index (Phi) is 5.65. The lowest BCUT2D eigenvalue weighted by Gasteiger charge is -2.12. The predicted molar refractivity (Wildman–Crippen MR) is 104 cm³/mol. The normalized spacial score (nSPS) is 18.4. The number of anilines is 1. The number of fused-ring (bicyclic) bond motifs is 1. The van der Waals surface area contributed by atoms with Gasteiger partial charge in [0.25, 0.3) is 17.7 Å². The van der Waals surface area contributed by atoms with Gasteiger partial charge in [0.1, 0.15) is 11.1 Å². The number of amides is 3. The molecule has 2 aliphatic rings. The molecule has 29 heavy (non-hydrogen) atoms. The van der Waals surface area contributed by atoms with Gasteiger partial charge in [-0.2, -0.15) is 0 Å². The molecule has 1 fully saturated rings. The van der Waals surface area contributed by atoms with Crippen LogP contribution in [-0.4, -0.2) is 59.7 Å². The highest BCUT2D eigenvalue weighted by Crippen LogP contribution is 2.32. The van der Waals surface area contributed by atoms with E-state index in [1.54, 1.807) is 7.11 Å². The standard InChI is InChI=1S/C19H20N4O5S/c1-27-8-3-7-23-17(25)12-6-5-11(10-13(12)18(23)26)15(24)20-19-22-21-16(29-19)14-4-2-9-28-14/h5-6,10,14H,2-4,7-9H2,1H3,(H,20,22,24)/t14-/m0/s1. The Balaban J connectivity index is 1.46. The van der Waals surface area contributed by atoms with E-state index in [0.717, 1.165) is 17.8 Å². The predicted octanol–water partition coefficient (Wildman–Crippen LogP) is 2.27. The van der Waals surface area contributed by atoms with Gasteiger partial charge in [0.15, 0.2) is 0 Å². The SMILES string of the molecule is COCCCN1C(=O)c2ccc(C(=O)Nc3nnc([C@@H]4CCCO4)s3)cc2C1=O. The summed E-state index contributed by atoms with van der Waals surface area (Å²) in [7, 11) is 1.56. The van der Waals surface area contributed by atoms with Crippen molar-refractivity contribution in [2.75, 3.05) is 32.2 Å². The molecule has 3 amide bonds. The Morgan fingerprint density at radius 2 is 2.14 bits per heavy atom. The molecule has 0 spiro atoms. The van der Waals surface area contributed by atoms with Crippen LogP contribution in [0.15, 0.2) is 18.2 Å². The van der Waals surface area contributed by atoms with E-state index in [9.17, 15) is 14.4 Å². The number of carbonyl (C=O) groups is 3. The van der Waals surface area contributed by atoms with Gasteiger partial charge in [0.05, 0.1) is 11.1 Å². The minimum Gasteiger partial charge on any atom is -0.385 e. The summed E-state index contributed by atoms with van der Waals surface area (Å²) in [6.45, 7) is 1.44. The van der Waals surface area contributed by atoms with Crippen LogP contribution >= 0.6 is 11.3 Å². The van der Waals surface area contributed by atoms with Gasteiger partial charge in [-0.25, -0.2) is 0 Å². The van der Waals surface area contributed by atoms with Crippen molar-refractivity contribution in [1.29, 1.82) is 0 Å². The van der Waals surface area contributed by atoms with Crippen molar-refractivity contribution >= 4 is 34.2 Å². The number of benzene rings is 1. The molecule has 0 unspecified atom stereocenters. The van der Waals surface area contributed by atoms with Gasteiger partial charge in [-0.05, 0) is 37.5 Å². The van der Waals surface area contributed by atoms with E-state index in [4.69, 9.17) is 9.47 Å². The summed E-state index contributed by atoms with van der Waals surface area (Å²) in [6.07, 6.45) is 2.37. The maximum atomic E-state index is 12.6. The van der Waals surface area contributed by atoms with Crippen molar-refractivity contribution in [2.45, 2.75) is 25.4 Å². The number of methoxy groups -OCH3 is 1. The third-order valence-corrected chi connectivity index (χ3v) is 5.76. The summed E-state index contributed by atoms with van der Waals surface area (Å²) in [5.41, 5.74) is 0.815. The molecule has 10 heteroatoms. The topological polar surface area (TPSA) is 111 Å². The van der Waals surface area contributed by atoms with Crippen molar-refractivity contribution < 1.29 is 23.9 Å². The first-order valence-electron chi connectivity index (χ1n) is 9.34. The van der Waals surface area contributed by atoms with E-state index in [1.165, 1.54) is 34.4 Å². The minimum atomic E-state index is -0.416. The molecule has 4 rings (SSSR count). The molecule has 2 aromatic rings. The second-order valence-corrected chi connectivity index (χ2v) is 7.78. The molecule has 1 aromatic heterocycles. The van der Waals surface area contributed by atoms with Gasteiger partial charge in [-0.1, -0.05) is 11.3 Å². The zero-order valence-electron chi connectivity index (χ0n) is 15.8. The smallest absolute Gasteiger partial charge is 0.261 e. The summed E-state index contributed by atoms with van der Waals surface area (Å²) in [5.74, 6) is -1.16. The van der Waals surface area contributed by atoms with Crippen LogP contribution in [0.4, 0.5) is 5.13 Å². The largest absolute Gasteiger partial charge is 0.385 e. The van der Waals surface area contributed by atoms with Crippen LogP contribution in [0.1, 0.15) is 61.4 Å². The second kappa shape index (κ2) is 8.36. The first-order chi connectivity index (χ1) is 14.1. The van der Waals surface area contributed by atoms with Crippen molar-refractivity contribution in [3.8, 4) is 0 Å². The van der Waals surface area contributed by atoms with Gasteiger partial charge in [0, 0.05) is 32.4 Å². The Bertz CT molecular complexity index is 954. The Labute approximate surface area is 171 Å². The summed E-state index contributed by atoms with van der Waals surface area (Å²) >= 11 is 1.27. The van der Waals surface area contributed by atoms with Crippen LogP contribution in [0.25, 0.3) is 0 Å². The van der Waals surface area contributed by atoms with Crippen LogP contribution in [0.5, 0.6) is 0 Å². The number of aromatic nitrogens is 2. The molecule has 2 aliphatic heterocycles. The molecule has 0 saturated carbocycles. The van der Waals surface area contributed by atoms with Gasteiger partial charge >= 0.3 is 0 Å². The van der Waals surface area contributed by atoms with E-state index in [0.29, 0.717) is 30.3 Å². The number of imide groups is 1. The molecular formula is C19H20N4O5S. The van der Waals surface area contributed by atoms with E-state index in [2.05, 4.69) is 15.5 Å². The van der Waals surface area contributed by atoms with Crippen LogP contribution in [0.2, 0.25) is 0 Å². The third-order valence-electron chi connectivity index (χ3n) is 4.83. The first kappa shape index (κ1) is 19.6. The van der Waals surface area contributed by atoms with E-state index in [-0.39, 0.29) is 29.7 Å². The van der Waals surface area contributed by atoms with Crippen LogP contribution in [0.3, 0.4) is 0 Å². The van der Waals surface area contributed by atoms with Crippen LogP contribution in [0, 0.1) is 0 Å². The van der Waals surface area contributed by atoms with Gasteiger partial charge in [0.2, 0.25) is 5.13 Å². The number of hydrogen-bond acceptors (Lipinski definition) is 8. The van der Waals surface area contributed by atoms with Gasteiger partial charge in [-0.3, -0.25) is 24.6 Å². The fourth-order valence-electron chi connectivity index (χ4n) is 3.36. The zero-order valence-corrected chi connectivity index (χ0v) is 16.7. The van der Waals surface area contributed by atoms with Gasteiger partial charge in [-0.15, -0.1) is 10.2 Å². The third kappa shape index (κ3) is 3.91. The number of hydrogen-bond donors (Lipinski definition) is 1. The van der Waals surface area contributed by atoms with Crippen LogP contribution in [-0.2, 0) is 9.47 Å². The average molecular weight is 416 g/mol. The lowest BCUT2D eigenvalue weighted by molar-refractivity contribution is 0.0638. The van der Waals surface area contributed by atoms with Crippen molar-refractivity contribution in [1.82, 2.24) is 15.1 Å². The summed E-state index contributed by atoms with van der Waals surface area (Å²) in [5, 5.41) is 11.9. The number of rotatable bonds is 7. The molecule has 0 radical (unpaired) electrons. The zero-order chi connectivity index (χ0) is 20.4. The Morgan fingerprint density at radius 3 is 2.90 bits per heavy atom. The van der Waals surface area contributed by atoms with Crippen LogP contribution < -0.4 is 5.32 Å². The Morgan fingerprint density at radius 1 is 1.31 bits per heavy atom. The van der Waals surface area contributed by atoms with Crippen molar-refractivity contribution in [3.05, 3.63) is 39.9 Å². The highest BCUT2D eigenvalue weighted by molar-refractivity contribution is 7.15. The fraction of sp³-hybridized carbons (Fsp3) is 0.421. The number of carbonyl (C=O) groups excluding carboxylic acids is 3. The van der Waals surface area contributed by atoms with E-state index >= 15 is 0 Å². The fourth-order valence-corrected chi connectivity index (χ4v) is 4.18. The van der Waals surface area contributed by atoms with E-state index < -0.39 is 11.8 Å².